The molecule has 0 saturated carbocycles. The number of carbonyl (C=O) groups is 2. The zero-order valence-electron chi connectivity index (χ0n) is 10.6. The highest BCUT2D eigenvalue weighted by atomic mass is 35.5. The number of benzene rings is 2. The highest BCUT2D eigenvalue weighted by Gasteiger charge is 2.37. The molecule has 1 aliphatic heterocycles. The van der Waals surface area contributed by atoms with E-state index >= 15 is 0 Å². The van der Waals surface area contributed by atoms with Crippen LogP contribution in [0.5, 0.6) is 0 Å². The van der Waals surface area contributed by atoms with Gasteiger partial charge in [0.15, 0.2) is 0 Å². The molecule has 1 heterocycles. The molecule has 0 atom stereocenters. The van der Waals surface area contributed by atoms with Crippen LogP contribution in [0.4, 0.5) is 10.1 Å². The van der Waals surface area contributed by atoms with Gasteiger partial charge >= 0.3 is 0 Å². The molecule has 0 unspecified atom stereocenters. The summed E-state index contributed by atoms with van der Waals surface area (Å²) >= 11 is 11.7. The third-order valence-corrected chi connectivity index (χ3v) is 4.00. The van der Waals surface area contributed by atoms with Gasteiger partial charge in [-0.25, -0.2) is 4.39 Å². The molecule has 2 aromatic rings. The molecule has 0 aromatic heterocycles. The van der Waals surface area contributed by atoms with Gasteiger partial charge in [0.25, 0.3) is 11.7 Å². The molecule has 2 aromatic carbocycles. The maximum Gasteiger partial charge on any atom is 0.299 e. The lowest BCUT2D eigenvalue weighted by atomic mass is 10.1. The van der Waals surface area contributed by atoms with Crippen molar-refractivity contribution in [1.29, 1.82) is 0 Å². The van der Waals surface area contributed by atoms with Crippen LogP contribution in [0.15, 0.2) is 36.4 Å². The number of ketones is 1. The minimum atomic E-state index is -0.749. The molecule has 3 nitrogen and oxygen atoms in total. The second kappa shape index (κ2) is 5.13. The number of halogens is 3. The maximum absolute atomic E-state index is 13.9. The Hall–Kier alpha value is -1.91. The minimum Gasteiger partial charge on any atom is -0.298 e. The van der Waals surface area contributed by atoms with Crippen molar-refractivity contribution < 1.29 is 14.0 Å². The van der Waals surface area contributed by atoms with E-state index in [4.69, 9.17) is 23.2 Å². The molecule has 0 saturated heterocycles. The van der Waals surface area contributed by atoms with E-state index in [1.165, 1.54) is 18.2 Å². The predicted octanol–water partition coefficient (Wildman–Crippen LogP) is 3.86. The lowest BCUT2D eigenvalue weighted by Crippen LogP contribution is -2.29. The monoisotopic (exact) mass is 323 g/mol. The van der Waals surface area contributed by atoms with Crippen molar-refractivity contribution in [2.24, 2.45) is 0 Å². The summed E-state index contributed by atoms with van der Waals surface area (Å²) in [5.74, 6) is -2.06. The first kappa shape index (κ1) is 14.0. The number of hydrogen-bond donors (Lipinski definition) is 0. The maximum atomic E-state index is 13.9. The second-order valence-electron chi connectivity index (χ2n) is 4.60. The highest BCUT2D eigenvalue weighted by molar-refractivity contribution is 6.52. The van der Waals surface area contributed by atoms with Gasteiger partial charge in [0, 0.05) is 0 Å². The molecule has 1 aliphatic rings. The van der Waals surface area contributed by atoms with Gasteiger partial charge in [0.1, 0.15) is 5.82 Å². The van der Waals surface area contributed by atoms with Crippen LogP contribution < -0.4 is 4.90 Å². The molecule has 3 rings (SSSR count). The number of rotatable bonds is 2. The number of fused-ring (bicyclic) bond motifs is 1. The summed E-state index contributed by atoms with van der Waals surface area (Å²) in [5.41, 5.74) is 0.750. The van der Waals surface area contributed by atoms with E-state index in [2.05, 4.69) is 0 Å². The van der Waals surface area contributed by atoms with Crippen LogP contribution >= 0.6 is 23.2 Å². The third-order valence-electron chi connectivity index (χ3n) is 3.27. The van der Waals surface area contributed by atoms with E-state index in [1.54, 1.807) is 18.2 Å². The zero-order valence-corrected chi connectivity index (χ0v) is 12.1. The van der Waals surface area contributed by atoms with E-state index in [0.717, 1.165) is 4.90 Å². The smallest absolute Gasteiger partial charge is 0.298 e. The Morgan fingerprint density at radius 3 is 2.52 bits per heavy atom. The quantitative estimate of drug-likeness (QED) is 0.787. The lowest BCUT2D eigenvalue weighted by molar-refractivity contribution is -0.114. The summed E-state index contributed by atoms with van der Waals surface area (Å²) in [5, 5.41) is 0.719. The van der Waals surface area contributed by atoms with Crippen molar-refractivity contribution in [2.45, 2.75) is 6.54 Å². The summed E-state index contributed by atoms with van der Waals surface area (Å²) in [6.45, 7) is 0.0510. The van der Waals surface area contributed by atoms with E-state index in [1.807, 2.05) is 0 Å². The van der Waals surface area contributed by atoms with Crippen molar-refractivity contribution in [3.63, 3.8) is 0 Å². The summed E-state index contributed by atoms with van der Waals surface area (Å²) < 4.78 is 13.9. The SMILES string of the molecule is O=C1C(=O)N(Cc2ccc(Cl)c(Cl)c2)c2c(F)cccc21. The van der Waals surface area contributed by atoms with Gasteiger partial charge in [-0.05, 0) is 29.8 Å². The molecule has 0 N–H and O–H groups in total. The first-order valence-electron chi connectivity index (χ1n) is 6.07. The third kappa shape index (κ3) is 2.30. The summed E-state index contributed by atoms with van der Waals surface area (Å²) in [7, 11) is 0. The summed E-state index contributed by atoms with van der Waals surface area (Å²) in [6, 6.07) is 8.90. The number of Topliss-reactive ketones (excluding diaryl/α,β-unsaturated/α-hetero) is 1. The Morgan fingerprint density at radius 2 is 1.81 bits per heavy atom. The van der Waals surface area contributed by atoms with E-state index < -0.39 is 17.5 Å². The van der Waals surface area contributed by atoms with Crippen molar-refractivity contribution >= 4 is 40.6 Å². The molecule has 0 fully saturated rings. The number of carbonyl (C=O) groups excluding carboxylic acids is 2. The van der Waals surface area contributed by atoms with Crippen LogP contribution in [0.25, 0.3) is 0 Å². The summed E-state index contributed by atoms with van der Waals surface area (Å²) in [6.07, 6.45) is 0. The van der Waals surface area contributed by atoms with Crippen molar-refractivity contribution in [2.75, 3.05) is 4.90 Å². The Kier molecular flexibility index (Phi) is 3.43. The highest BCUT2D eigenvalue weighted by Crippen LogP contribution is 2.33. The van der Waals surface area contributed by atoms with Gasteiger partial charge in [0.2, 0.25) is 0 Å². The van der Waals surface area contributed by atoms with E-state index in [-0.39, 0.29) is 17.8 Å². The van der Waals surface area contributed by atoms with Crippen molar-refractivity contribution in [3.05, 3.63) is 63.4 Å². The van der Waals surface area contributed by atoms with Gasteiger partial charge in [-0.15, -0.1) is 0 Å². The average molecular weight is 324 g/mol. The van der Waals surface area contributed by atoms with Gasteiger partial charge in [0.05, 0.1) is 27.8 Å². The van der Waals surface area contributed by atoms with Crippen molar-refractivity contribution in [3.8, 4) is 0 Å². The van der Waals surface area contributed by atoms with E-state index in [0.29, 0.717) is 15.6 Å². The number of anilines is 1. The molecule has 1 amide bonds. The Balaban J connectivity index is 2.02. The van der Waals surface area contributed by atoms with Crippen LogP contribution in [-0.4, -0.2) is 11.7 Å². The Labute approximate surface area is 129 Å². The lowest BCUT2D eigenvalue weighted by Gasteiger charge is -2.17. The molecule has 106 valence electrons. The van der Waals surface area contributed by atoms with Crippen molar-refractivity contribution in [1.82, 2.24) is 0 Å². The molecule has 0 bridgehead atoms. The zero-order chi connectivity index (χ0) is 15.1. The first-order chi connectivity index (χ1) is 9.99. The second-order valence-corrected chi connectivity index (χ2v) is 5.42. The average Bonchev–Trinajstić information content (AvgIpc) is 2.69. The molecule has 0 aliphatic carbocycles. The van der Waals surface area contributed by atoms with Crippen LogP contribution in [0.1, 0.15) is 15.9 Å². The largest absolute Gasteiger partial charge is 0.299 e. The van der Waals surface area contributed by atoms with E-state index in [9.17, 15) is 14.0 Å². The Morgan fingerprint density at radius 1 is 1.05 bits per heavy atom. The fourth-order valence-corrected chi connectivity index (χ4v) is 2.60. The molecule has 0 spiro atoms. The van der Waals surface area contributed by atoms with Gasteiger partial charge in [-0.2, -0.15) is 0 Å². The standard InChI is InChI=1S/C15H8Cl2FNO2/c16-10-5-4-8(6-11(10)17)7-19-13-9(14(20)15(19)21)2-1-3-12(13)18/h1-6H,7H2. The number of hydrogen-bond acceptors (Lipinski definition) is 2. The van der Waals surface area contributed by atoms with Gasteiger partial charge in [-0.3, -0.25) is 14.5 Å². The normalized spacial score (nSPS) is 13.8. The van der Waals surface area contributed by atoms with Gasteiger partial charge in [-0.1, -0.05) is 35.3 Å². The number of amides is 1. The molecular weight excluding hydrogens is 316 g/mol. The Bertz CT molecular complexity index is 776. The fourth-order valence-electron chi connectivity index (χ4n) is 2.28. The number of nitrogens with zero attached hydrogens (tertiary/aromatic N) is 1. The molecule has 21 heavy (non-hydrogen) atoms. The first-order valence-corrected chi connectivity index (χ1v) is 6.83. The van der Waals surface area contributed by atoms with Gasteiger partial charge < -0.3 is 0 Å². The topological polar surface area (TPSA) is 37.4 Å². The molecule has 0 radical (unpaired) electrons. The molecular formula is C15H8Cl2FNO2. The molecule has 6 heteroatoms. The number of para-hydroxylation sites is 1. The van der Waals surface area contributed by atoms with Crippen LogP contribution in [-0.2, 0) is 11.3 Å². The predicted molar refractivity (Wildman–Crippen MR) is 78.4 cm³/mol. The van der Waals surface area contributed by atoms with Crippen LogP contribution in [0, 0.1) is 5.82 Å². The van der Waals surface area contributed by atoms with Crippen LogP contribution in [0.3, 0.4) is 0 Å². The minimum absolute atomic E-state index is 0.0126. The fraction of sp³-hybridized carbons (Fsp3) is 0.0667. The van der Waals surface area contributed by atoms with Crippen LogP contribution in [0.2, 0.25) is 10.0 Å². The summed E-state index contributed by atoms with van der Waals surface area (Å²) in [4.78, 5) is 25.0.